The third kappa shape index (κ3) is 6.39. The molecule has 0 spiro atoms. The average Bonchev–Trinajstić information content (AvgIpc) is 2.74. The number of aliphatic hydroxyl groups excluding tert-OH is 2. The van der Waals surface area contributed by atoms with E-state index in [0.717, 1.165) is 5.56 Å². The molecule has 0 radical (unpaired) electrons. The molecule has 37 heavy (non-hydrogen) atoms. The SMILES string of the molecule is CC1(C)CC(=O)[C@H](C(c2cc(Cl)ccc2OCc2cccc(Cl)c2)[C@@H]2C(=O)CC(C)(C)C[C@H]2O)[C@H](O)C1. The van der Waals surface area contributed by atoms with Crippen molar-refractivity contribution < 1.29 is 24.5 Å². The third-order valence-electron chi connectivity index (χ3n) is 7.79. The van der Waals surface area contributed by atoms with Gasteiger partial charge in [-0.2, -0.15) is 0 Å². The molecule has 0 bridgehead atoms. The fourth-order valence-corrected chi connectivity index (χ4v) is 6.72. The molecule has 0 aromatic heterocycles. The minimum atomic E-state index is -0.962. The summed E-state index contributed by atoms with van der Waals surface area (Å²) in [4.78, 5) is 27.2. The van der Waals surface area contributed by atoms with Gasteiger partial charge in [-0.15, -0.1) is 0 Å². The summed E-state index contributed by atoms with van der Waals surface area (Å²) in [5.41, 5.74) is 0.712. The Morgan fingerprint density at radius 1 is 0.865 bits per heavy atom. The van der Waals surface area contributed by atoms with Gasteiger partial charge in [0.2, 0.25) is 0 Å². The molecule has 0 amide bonds. The molecule has 200 valence electrons. The Hall–Kier alpha value is -1.92. The van der Waals surface area contributed by atoms with Crippen LogP contribution in [-0.4, -0.2) is 34.0 Å². The van der Waals surface area contributed by atoms with Crippen LogP contribution in [0.1, 0.15) is 70.4 Å². The summed E-state index contributed by atoms with van der Waals surface area (Å²) >= 11 is 12.6. The molecule has 4 rings (SSSR count). The molecule has 0 heterocycles. The lowest BCUT2D eigenvalue weighted by molar-refractivity contribution is -0.144. The van der Waals surface area contributed by atoms with Crippen LogP contribution >= 0.6 is 23.2 Å². The molecule has 7 heteroatoms. The van der Waals surface area contributed by atoms with E-state index in [2.05, 4.69) is 0 Å². The van der Waals surface area contributed by atoms with E-state index in [1.54, 1.807) is 24.3 Å². The normalized spacial score (nSPS) is 28.1. The summed E-state index contributed by atoms with van der Waals surface area (Å²) in [6.45, 7) is 8.05. The molecule has 5 atom stereocenters. The van der Waals surface area contributed by atoms with Crippen molar-refractivity contribution in [3.8, 4) is 5.75 Å². The van der Waals surface area contributed by atoms with Crippen molar-refractivity contribution >= 4 is 34.8 Å². The van der Waals surface area contributed by atoms with Crippen LogP contribution in [0.25, 0.3) is 0 Å². The molecule has 2 N–H and O–H groups in total. The second kappa shape index (κ2) is 10.7. The Balaban J connectivity index is 1.79. The Morgan fingerprint density at radius 2 is 1.41 bits per heavy atom. The van der Waals surface area contributed by atoms with Gasteiger partial charge in [0.15, 0.2) is 0 Å². The highest BCUT2D eigenvalue weighted by atomic mass is 35.5. The molecule has 2 aliphatic rings. The predicted octanol–water partition coefficient (Wildman–Crippen LogP) is 6.39. The van der Waals surface area contributed by atoms with Gasteiger partial charge < -0.3 is 14.9 Å². The van der Waals surface area contributed by atoms with Crippen LogP contribution in [0.3, 0.4) is 0 Å². The summed E-state index contributed by atoms with van der Waals surface area (Å²) in [5.74, 6) is -2.25. The van der Waals surface area contributed by atoms with E-state index in [0.29, 0.717) is 34.2 Å². The van der Waals surface area contributed by atoms with Crippen molar-refractivity contribution in [2.45, 2.75) is 78.1 Å². The van der Waals surface area contributed by atoms with Gasteiger partial charge in [-0.25, -0.2) is 0 Å². The second-order valence-corrected chi connectivity index (χ2v) is 13.2. The van der Waals surface area contributed by atoms with Crippen molar-refractivity contribution in [3.63, 3.8) is 0 Å². The predicted molar refractivity (Wildman–Crippen MR) is 145 cm³/mol. The lowest BCUT2D eigenvalue weighted by atomic mass is 9.58. The van der Waals surface area contributed by atoms with Crippen LogP contribution < -0.4 is 4.74 Å². The van der Waals surface area contributed by atoms with Gasteiger partial charge in [0.05, 0.1) is 24.0 Å². The van der Waals surface area contributed by atoms with Gasteiger partial charge in [-0.05, 0) is 59.6 Å². The van der Waals surface area contributed by atoms with Gasteiger partial charge in [-0.1, -0.05) is 63.0 Å². The van der Waals surface area contributed by atoms with Crippen LogP contribution in [0.5, 0.6) is 5.75 Å². The highest BCUT2D eigenvalue weighted by Gasteiger charge is 2.52. The van der Waals surface area contributed by atoms with Crippen molar-refractivity contribution in [1.29, 1.82) is 0 Å². The minimum absolute atomic E-state index is 0.112. The molecule has 5 nitrogen and oxygen atoms in total. The van der Waals surface area contributed by atoms with E-state index in [1.165, 1.54) is 0 Å². The molecule has 2 aliphatic carbocycles. The number of carbonyl (C=O) groups excluding carboxylic acids is 2. The Bertz CT molecular complexity index is 1130. The zero-order chi connectivity index (χ0) is 27.1. The van der Waals surface area contributed by atoms with Gasteiger partial charge >= 0.3 is 0 Å². The number of Topliss-reactive ketones (excluding diaryl/α,β-unsaturated/α-hetero) is 2. The van der Waals surface area contributed by atoms with Crippen LogP contribution in [-0.2, 0) is 16.2 Å². The lowest BCUT2D eigenvalue weighted by Gasteiger charge is -2.46. The van der Waals surface area contributed by atoms with Crippen LogP contribution in [0.4, 0.5) is 0 Å². The quantitative estimate of drug-likeness (QED) is 0.438. The summed E-state index contributed by atoms with van der Waals surface area (Å²) < 4.78 is 6.22. The van der Waals surface area contributed by atoms with Gasteiger partial charge in [0, 0.05) is 34.4 Å². The first-order valence-corrected chi connectivity index (χ1v) is 13.6. The van der Waals surface area contributed by atoms with Crippen molar-refractivity contribution in [2.24, 2.45) is 22.7 Å². The van der Waals surface area contributed by atoms with Gasteiger partial charge in [0.25, 0.3) is 0 Å². The zero-order valence-electron chi connectivity index (χ0n) is 21.8. The van der Waals surface area contributed by atoms with Crippen LogP contribution in [0.15, 0.2) is 42.5 Å². The third-order valence-corrected chi connectivity index (χ3v) is 8.26. The number of aliphatic hydroxyl groups is 2. The molecule has 2 fully saturated rings. The molecular weight excluding hydrogens is 511 g/mol. The lowest BCUT2D eigenvalue weighted by Crippen LogP contribution is -2.51. The number of benzene rings is 2. The summed E-state index contributed by atoms with van der Waals surface area (Å²) in [5, 5.41) is 23.6. The molecule has 1 unspecified atom stereocenters. The number of halogens is 2. The molecule has 0 aliphatic heterocycles. The van der Waals surface area contributed by atoms with Crippen molar-refractivity contribution in [3.05, 3.63) is 63.6 Å². The Labute approximate surface area is 229 Å². The largest absolute Gasteiger partial charge is 0.489 e. The maximum absolute atomic E-state index is 13.6. The average molecular weight is 548 g/mol. The molecule has 2 aromatic carbocycles. The number of hydrogen-bond acceptors (Lipinski definition) is 5. The highest BCUT2D eigenvalue weighted by molar-refractivity contribution is 6.31. The number of rotatable bonds is 6. The fourth-order valence-electron chi connectivity index (χ4n) is 6.33. The maximum Gasteiger partial charge on any atom is 0.139 e. The van der Waals surface area contributed by atoms with Crippen LogP contribution in [0.2, 0.25) is 10.0 Å². The summed E-state index contributed by atoms with van der Waals surface area (Å²) in [6, 6.07) is 12.4. The Morgan fingerprint density at radius 3 is 1.92 bits per heavy atom. The van der Waals surface area contributed by atoms with E-state index in [1.807, 2.05) is 45.9 Å². The van der Waals surface area contributed by atoms with E-state index in [9.17, 15) is 19.8 Å². The van der Waals surface area contributed by atoms with Gasteiger partial charge in [0.1, 0.15) is 23.9 Å². The van der Waals surface area contributed by atoms with Crippen molar-refractivity contribution in [1.82, 2.24) is 0 Å². The molecule has 0 saturated heterocycles. The second-order valence-electron chi connectivity index (χ2n) is 12.3. The number of ether oxygens (including phenoxy) is 1. The number of ketones is 2. The first kappa shape index (κ1) is 28.1. The fraction of sp³-hybridized carbons (Fsp3) is 0.533. The molecule has 2 saturated carbocycles. The van der Waals surface area contributed by atoms with E-state index in [4.69, 9.17) is 27.9 Å². The highest BCUT2D eigenvalue weighted by Crippen LogP contribution is 2.51. The summed E-state index contributed by atoms with van der Waals surface area (Å²) in [7, 11) is 0. The monoisotopic (exact) mass is 546 g/mol. The molecule has 2 aromatic rings. The minimum Gasteiger partial charge on any atom is -0.489 e. The van der Waals surface area contributed by atoms with E-state index in [-0.39, 0.29) is 41.8 Å². The smallest absolute Gasteiger partial charge is 0.139 e. The standard InChI is InChI=1S/C30H36Cl2O5/c1-29(2)12-21(33)27(22(34)13-29)26(28-23(35)14-30(3,4)15-24(28)36)20-11-19(32)8-9-25(20)37-16-17-6-5-7-18(31)10-17/h5-11,21,23,26-28,33,35H,12-16H2,1-4H3/t21-,23-,26?,27-,28+/m1/s1. The van der Waals surface area contributed by atoms with E-state index < -0.39 is 30.0 Å². The van der Waals surface area contributed by atoms with Crippen LogP contribution in [0, 0.1) is 22.7 Å². The summed E-state index contributed by atoms with van der Waals surface area (Å²) in [6.07, 6.45) is -0.518. The van der Waals surface area contributed by atoms with E-state index >= 15 is 0 Å². The molecular formula is C30H36Cl2O5. The van der Waals surface area contributed by atoms with Gasteiger partial charge in [-0.3, -0.25) is 9.59 Å². The topological polar surface area (TPSA) is 83.8 Å². The number of hydrogen-bond donors (Lipinski definition) is 2. The first-order chi connectivity index (χ1) is 17.3. The number of carbonyl (C=O) groups is 2. The van der Waals surface area contributed by atoms with Crippen molar-refractivity contribution in [2.75, 3.05) is 0 Å². The maximum atomic E-state index is 13.6. The first-order valence-electron chi connectivity index (χ1n) is 12.8. The zero-order valence-corrected chi connectivity index (χ0v) is 23.4. The Kier molecular flexibility index (Phi) is 8.11.